The highest BCUT2D eigenvalue weighted by atomic mass is 16.6. The third-order valence-corrected chi connectivity index (χ3v) is 4.18. The van der Waals surface area contributed by atoms with Gasteiger partial charge in [-0.3, -0.25) is 10.1 Å². The second-order valence-corrected chi connectivity index (χ2v) is 5.92. The summed E-state index contributed by atoms with van der Waals surface area (Å²) >= 11 is 0. The van der Waals surface area contributed by atoms with E-state index in [2.05, 4.69) is 15.3 Å². The Hall–Kier alpha value is -3.88. The van der Waals surface area contributed by atoms with Crippen molar-refractivity contribution in [2.45, 2.75) is 13.3 Å². The fourth-order valence-electron chi connectivity index (χ4n) is 2.64. The average molecular weight is 396 g/mol. The van der Waals surface area contributed by atoms with E-state index in [1.54, 1.807) is 30.3 Å². The van der Waals surface area contributed by atoms with Crippen LogP contribution in [0.2, 0.25) is 0 Å². The van der Waals surface area contributed by atoms with Gasteiger partial charge in [-0.2, -0.15) is 4.98 Å². The number of nitrogens with one attached hydrogen (secondary N) is 1. The van der Waals surface area contributed by atoms with Gasteiger partial charge < -0.3 is 19.5 Å². The number of aryl methyl sites for hydroxylation is 1. The molecule has 3 aromatic rings. The Balaban J connectivity index is 1.98. The first kappa shape index (κ1) is 19.9. The largest absolute Gasteiger partial charge is 0.497 e. The predicted molar refractivity (Wildman–Crippen MR) is 107 cm³/mol. The molecule has 1 N–H and O–H groups in total. The van der Waals surface area contributed by atoms with Crippen LogP contribution in [0.15, 0.2) is 48.8 Å². The van der Waals surface area contributed by atoms with Crippen molar-refractivity contribution in [1.82, 2.24) is 9.97 Å². The molecule has 0 fully saturated rings. The first-order valence-electron chi connectivity index (χ1n) is 8.81. The standard InChI is InChI=1S/C20H20N4O5/c1-4-13-5-7-14(8-6-13)29-20-18(24(25)26)19(21-12-22-20)23-16-11-15(27-2)9-10-17(16)28-3/h5-12H,4H2,1-3H3,(H,21,22,23). The predicted octanol–water partition coefficient (Wildman–Crippen LogP) is 4.50. The molecule has 150 valence electrons. The molecule has 0 bridgehead atoms. The highest BCUT2D eigenvalue weighted by Crippen LogP contribution is 2.38. The van der Waals surface area contributed by atoms with Crippen LogP contribution in [0.1, 0.15) is 12.5 Å². The average Bonchev–Trinajstić information content (AvgIpc) is 2.74. The van der Waals surface area contributed by atoms with Gasteiger partial charge in [-0.1, -0.05) is 19.1 Å². The van der Waals surface area contributed by atoms with Gasteiger partial charge in [0.15, 0.2) is 0 Å². The fraction of sp³-hybridized carbons (Fsp3) is 0.200. The second kappa shape index (κ2) is 8.87. The number of rotatable bonds is 8. The zero-order chi connectivity index (χ0) is 20.8. The van der Waals surface area contributed by atoms with Gasteiger partial charge in [-0.15, -0.1) is 0 Å². The molecule has 1 heterocycles. The molecular formula is C20H20N4O5. The van der Waals surface area contributed by atoms with Gasteiger partial charge in [-0.25, -0.2) is 4.98 Å². The van der Waals surface area contributed by atoms with Crippen LogP contribution in [0.5, 0.6) is 23.1 Å². The lowest BCUT2D eigenvalue weighted by atomic mass is 10.2. The lowest BCUT2D eigenvalue weighted by molar-refractivity contribution is -0.385. The molecule has 0 amide bonds. The van der Waals surface area contributed by atoms with Crippen molar-refractivity contribution in [3.8, 4) is 23.1 Å². The van der Waals surface area contributed by atoms with Gasteiger partial charge in [0, 0.05) is 6.07 Å². The third kappa shape index (κ3) is 4.52. The number of nitro groups is 1. The van der Waals surface area contributed by atoms with E-state index in [1.165, 1.54) is 20.5 Å². The first-order valence-corrected chi connectivity index (χ1v) is 8.81. The van der Waals surface area contributed by atoms with Gasteiger partial charge in [0.2, 0.25) is 5.82 Å². The minimum Gasteiger partial charge on any atom is -0.497 e. The van der Waals surface area contributed by atoms with E-state index < -0.39 is 10.6 Å². The molecule has 0 radical (unpaired) electrons. The Labute approximate surface area is 167 Å². The summed E-state index contributed by atoms with van der Waals surface area (Å²) in [5.74, 6) is 1.26. The number of nitrogens with zero attached hydrogens (tertiary/aromatic N) is 3. The summed E-state index contributed by atoms with van der Waals surface area (Å²) in [5, 5.41) is 14.7. The zero-order valence-corrected chi connectivity index (χ0v) is 16.2. The van der Waals surface area contributed by atoms with E-state index in [0.29, 0.717) is 22.9 Å². The van der Waals surface area contributed by atoms with Crippen LogP contribution in [0.4, 0.5) is 17.2 Å². The first-order chi connectivity index (χ1) is 14.0. The molecular weight excluding hydrogens is 376 g/mol. The van der Waals surface area contributed by atoms with Crippen LogP contribution < -0.4 is 19.5 Å². The number of methoxy groups -OCH3 is 2. The lowest BCUT2D eigenvalue weighted by Gasteiger charge is -2.13. The Morgan fingerprint density at radius 3 is 2.38 bits per heavy atom. The molecule has 3 rings (SSSR count). The summed E-state index contributed by atoms with van der Waals surface area (Å²) in [6.45, 7) is 2.04. The monoisotopic (exact) mass is 396 g/mol. The van der Waals surface area contributed by atoms with Crippen molar-refractivity contribution >= 4 is 17.2 Å². The molecule has 29 heavy (non-hydrogen) atoms. The number of anilines is 2. The number of aromatic nitrogens is 2. The summed E-state index contributed by atoms with van der Waals surface area (Å²) < 4.78 is 16.2. The van der Waals surface area contributed by atoms with Gasteiger partial charge >= 0.3 is 11.6 Å². The summed E-state index contributed by atoms with van der Waals surface area (Å²) in [7, 11) is 3.02. The van der Waals surface area contributed by atoms with E-state index in [4.69, 9.17) is 14.2 Å². The molecule has 0 aliphatic carbocycles. The number of ether oxygens (including phenoxy) is 3. The normalized spacial score (nSPS) is 10.3. The van der Waals surface area contributed by atoms with Crippen molar-refractivity contribution in [2.75, 3.05) is 19.5 Å². The molecule has 0 saturated carbocycles. The Bertz CT molecular complexity index is 1010. The van der Waals surface area contributed by atoms with E-state index in [0.717, 1.165) is 12.0 Å². The molecule has 0 unspecified atom stereocenters. The van der Waals surface area contributed by atoms with Crippen LogP contribution in [0, 0.1) is 10.1 Å². The SMILES string of the molecule is CCc1ccc(Oc2ncnc(Nc3cc(OC)ccc3OC)c2[N+](=O)[O-])cc1. The maximum absolute atomic E-state index is 11.8. The lowest BCUT2D eigenvalue weighted by Crippen LogP contribution is -2.04. The Morgan fingerprint density at radius 1 is 1.03 bits per heavy atom. The van der Waals surface area contributed by atoms with Gasteiger partial charge in [0.1, 0.15) is 23.6 Å². The number of hydrogen-bond donors (Lipinski definition) is 1. The van der Waals surface area contributed by atoms with Crippen molar-refractivity contribution in [3.05, 3.63) is 64.5 Å². The van der Waals surface area contributed by atoms with Crippen molar-refractivity contribution in [1.29, 1.82) is 0 Å². The van der Waals surface area contributed by atoms with Crippen LogP contribution >= 0.6 is 0 Å². The van der Waals surface area contributed by atoms with E-state index in [9.17, 15) is 10.1 Å². The van der Waals surface area contributed by atoms with Gasteiger partial charge in [0.05, 0.1) is 24.8 Å². The molecule has 1 aromatic heterocycles. The number of hydrogen-bond acceptors (Lipinski definition) is 8. The summed E-state index contributed by atoms with van der Waals surface area (Å²) in [5.41, 5.74) is 1.19. The molecule has 2 aromatic carbocycles. The molecule has 0 aliphatic rings. The fourth-order valence-corrected chi connectivity index (χ4v) is 2.64. The smallest absolute Gasteiger partial charge is 0.373 e. The van der Waals surface area contributed by atoms with Crippen molar-refractivity contribution in [3.63, 3.8) is 0 Å². The maximum atomic E-state index is 11.8. The number of benzene rings is 2. The van der Waals surface area contributed by atoms with Gasteiger partial charge in [-0.05, 0) is 36.2 Å². The molecule has 0 spiro atoms. The van der Waals surface area contributed by atoms with E-state index in [1.807, 2.05) is 19.1 Å². The summed E-state index contributed by atoms with van der Waals surface area (Å²) in [6.07, 6.45) is 2.07. The Morgan fingerprint density at radius 2 is 1.76 bits per heavy atom. The minimum absolute atomic E-state index is 0.0308. The molecule has 9 heteroatoms. The molecule has 0 atom stereocenters. The highest BCUT2D eigenvalue weighted by molar-refractivity contribution is 5.73. The Kier molecular flexibility index (Phi) is 6.08. The maximum Gasteiger partial charge on any atom is 0.373 e. The van der Waals surface area contributed by atoms with E-state index >= 15 is 0 Å². The van der Waals surface area contributed by atoms with Crippen LogP contribution in [-0.4, -0.2) is 29.1 Å². The summed E-state index contributed by atoms with van der Waals surface area (Å²) in [6, 6.07) is 12.3. The molecule has 9 nitrogen and oxygen atoms in total. The second-order valence-electron chi connectivity index (χ2n) is 5.92. The minimum atomic E-state index is -0.593. The van der Waals surface area contributed by atoms with E-state index in [-0.39, 0.29) is 11.7 Å². The quantitative estimate of drug-likeness (QED) is 0.438. The zero-order valence-electron chi connectivity index (χ0n) is 16.2. The highest BCUT2D eigenvalue weighted by Gasteiger charge is 2.26. The molecule has 0 aliphatic heterocycles. The summed E-state index contributed by atoms with van der Waals surface area (Å²) in [4.78, 5) is 19.1. The van der Waals surface area contributed by atoms with Crippen LogP contribution in [0.25, 0.3) is 0 Å². The van der Waals surface area contributed by atoms with Crippen LogP contribution in [-0.2, 0) is 6.42 Å². The topological polar surface area (TPSA) is 109 Å². The van der Waals surface area contributed by atoms with Crippen molar-refractivity contribution in [2.24, 2.45) is 0 Å². The molecule has 0 saturated heterocycles. The van der Waals surface area contributed by atoms with Crippen molar-refractivity contribution < 1.29 is 19.1 Å². The van der Waals surface area contributed by atoms with Gasteiger partial charge in [0.25, 0.3) is 0 Å². The third-order valence-electron chi connectivity index (χ3n) is 4.18. The van der Waals surface area contributed by atoms with Crippen LogP contribution in [0.3, 0.4) is 0 Å².